The maximum atomic E-state index is 5.12. The Kier molecular flexibility index (Phi) is 8.43. The number of rotatable bonds is 7. The van der Waals surface area contributed by atoms with E-state index in [0.29, 0.717) is 17.5 Å². The van der Waals surface area contributed by atoms with Gasteiger partial charge in [-0.3, -0.25) is 0 Å². The van der Waals surface area contributed by atoms with Gasteiger partial charge in [0.1, 0.15) is 0 Å². The van der Waals surface area contributed by atoms with Crippen molar-refractivity contribution in [3.05, 3.63) is 182 Å². The molecule has 9 aromatic rings. The van der Waals surface area contributed by atoms with Gasteiger partial charge in [-0.1, -0.05) is 146 Å². The highest BCUT2D eigenvalue weighted by atomic mass is 32.1. The van der Waals surface area contributed by atoms with Crippen LogP contribution in [0.3, 0.4) is 0 Å². The third-order valence-electron chi connectivity index (χ3n) is 10.0. The van der Waals surface area contributed by atoms with Crippen LogP contribution in [0.4, 0.5) is 0 Å². The van der Waals surface area contributed by atoms with Gasteiger partial charge in [0.05, 0.1) is 11.4 Å². The second-order valence-electron chi connectivity index (χ2n) is 13.6. The lowest BCUT2D eigenvalue weighted by Crippen LogP contribution is -2.03. The summed E-state index contributed by atoms with van der Waals surface area (Å²) in [5, 5.41) is 2.53. The van der Waals surface area contributed by atoms with E-state index in [1.807, 2.05) is 36.4 Å². The molecular weight excluding hydrogens is 691 g/mol. The van der Waals surface area contributed by atoms with Crippen molar-refractivity contribution in [2.75, 3.05) is 0 Å². The summed E-state index contributed by atoms with van der Waals surface area (Å²) in [6, 6.07) is 54.7. The topological polar surface area (TPSA) is 64.5 Å². The largest absolute Gasteiger partial charge is 0.228 e. The van der Waals surface area contributed by atoms with E-state index in [0.717, 1.165) is 74.6 Å². The molecule has 260 valence electrons. The normalized spacial score (nSPS) is 12.6. The van der Waals surface area contributed by atoms with Crippen LogP contribution in [0.2, 0.25) is 0 Å². The molecule has 1 aliphatic carbocycles. The molecule has 6 aromatic carbocycles. The Morgan fingerprint density at radius 1 is 0.382 bits per heavy atom. The van der Waals surface area contributed by atoms with Gasteiger partial charge in [-0.25, -0.2) is 24.9 Å². The summed E-state index contributed by atoms with van der Waals surface area (Å²) in [5.74, 6) is 2.72. The first-order valence-electron chi connectivity index (χ1n) is 18.5. The van der Waals surface area contributed by atoms with Crippen LogP contribution in [0.5, 0.6) is 0 Å². The van der Waals surface area contributed by atoms with Gasteiger partial charge in [0.2, 0.25) is 0 Å². The van der Waals surface area contributed by atoms with Crippen LogP contribution >= 0.6 is 11.3 Å². The molecule has 0 amide bonds. The zero-order valence-electron chi connectivity index (χ0n) is 29.8. The summed E-state index contributed by atoms with van der Waals surface area (Å²) < 4.78 is 2.50. The second-order valence-corrected chi connectivity index (χ2v) is 14.7. The Labute approximate surface area is 323 Å². The lowest BCUT2D eigenvalue weighted by atomic mass is 10.00. The van der Waals surface area contributed by atoms with Crippen LogP contribution in [0, 0.1) is 0 Å². The van der Waals surface area contributed by atoms with Gasteiger partial charge in [0.25, 0.3) is 0 Å². The molecule has 5 nitrogen and oxygen atoms in total. The number of benzene rings is 6. The second kappa shape index (κ2) is 14.2. The molecule has 0 radical (unpaired) electrons. The minimum Gasteiger partial charge on any atom is -0.228 e. The van der Waals surface area contributed by atoms with Crippen molar-refractivity contribution in [1.29, 1.82) is 0 Å². The summed E-state index contributed by atoms with van der Waals surface area (Å²) in [4.78, 5) is 25.4. The van der Waals surface area contributed by atoms with Crippen molar-refractivity contribution in [3.8, 4) is 67.8 Å². The lowest BCUT2D eigenvalue weighted by Gasteiger charge is -2.13. The Hall–Kier alpha value is -6.89. The molecule has 0 atom stereocenters. The molecule has 1 aliphatic rings. The van der Waals surface area contributed by atoms with E-state index in [4.69, 9.17) is 24.9 Å². The summed E-state index contributed by atoms with van der Waals surface area (Å²) in [7, 11) is 0. The maximum absolute atomic E-state index is 5.12. The van der Waals surface area contributed by atoms with Crippen molar-refractivity contribution in [2.24, 2.45) is 0 Å². The maximum Gasteiger partial charge on any atom is 0.164 e. The molecule has 0 saturated heterocycles. The first kappa shape index (κ1) is 32.7. The van der Waals surface area contributed by atoms with Gasteiger partial charge in [0.15, 0.2) is 23.3 Å². The summed E-state index contributed by atoms with van der Waals surface area (Å²) in [6.45, 7) is 0. The van der Waals surface area contributed by atoms with Crippen molar-refractivity contribution in [3.63, 3.8) is 0 Å². The monoisotopic (exact) mass is 723 g/mol. The molecule has 55 heavy (non-hydrogen) atoms. The van der Waals surface area contributed by atoms with Crippen molar-refractivity contribution < 1.29 is 0 Å². The number of thiophene rings is 1. The first-order chi connectivity index (χ1) is 27.2. The van der Waals surface area contributed by atoms with Crippen molar-refractivity contribution in [2.45, 2.75) is 12.8 Å². The molecule has 0 unspecified atom stereocenters. The average molecular weight is 724 g/mol. The minimum absolute atomic E-state index is 0.649. The predicted octanol–water partition coefficient (Wildman–Crippen LogP) is 12.8. The fourth-order valence-corrected chi connectivity index (χ4v) is 8.34. The van der Waals surface area contributed by atoms with Crippen LogP contribution in [0.25, 0.3) is 93.6 Å². The van der Waals surface area contributed by atoms with E-state index < -0.39 is 0 Å². The fraction of sp³-hybridized carbons (Fsp3) is 0.0408. The highest BCUT2D eigenvalue weighted by Gasteiger charge is 2.17. The Morgan fingerprint density at radius 3 is 1.55 bits per heavy atom. The van der Waals surface area contributed by atoms with Gasteiger partial charge >= 0.3 is 0 Å². The van der Waals surface area contributed by atoms with E-state index >= 15 is 0 Å². The Balaban J connectivity index is 1.05. The highest BCUT2D eigenvalue weighted by molar-refractivity contribution is 7.25. The lowest BCUT2D eigenvalue weighted by molar-refractivity contribution is 0.978. The molecule has 3 aromatic heterocycles. The predicted molar refractivity (Wildman–Crippen MR) is 227 cm³/mol. The SMILES string of the molecule is C1=CCCC(c2nc(-c3cccc(-c4cccc(-c5nc(-c6ccccc6)cc(-c6ccccc6)n5)c4)c3)nc(-c3ccc4c(c3)sc3ccccc34)n2)=C1. The highest BCUT2D eigenvalue weighted by Crippen LogP contribution is 2.37. The third-order valence-corrected chi connectivity index (χ3v) is 11.1. The molecule has 0 aliphatic heterocycles. The zero-order chi connectivity index (χ0) is 36.6. The number of aromatic nitrogens is 5. The molecule has 0 bridgehead atoms. The molecule has 6 heteroatoms. The van der Waals surface area contributed by atoms with Gasteiger partial charge in [0, 0.05) is 48.0 Å². The summed E-state index contributed by atoms with van der Waals surface area (Å²) in [6.07, 6.45) is 8.26. The van der Waals surface area contributed by atoms with Crippen LogP contribution in [-0.2, 0) is 0 Å². The molecular formula is C49H33N5S. The molecule has 3 heterocycles. The summed E-state index contributed by atoms with van der Waals surface area (Å²) >= 11 is 1.80. The van der Waals surface area contributed by atoms with E-state index in [1.54, 1.807) is 11.3 Å². The van der Waals surface area contributed by atoms with E-state index in [1.165, 1.54) is 20.2 Å². The molecule has 0 N–H and O–H groups in total. The molecule has 0 fully saturated rings. The fourth-order valence-electron chi connectivity index (χ4n) is 7.20. The van der Waals surface area contributed by atoms with E-state index in [9.17, 15) is 0 Å². The minimum atomic E-state index is 0.649. The van der Waals surface area contributed by atoms with Gasteiger partial charge < -0.3 is 0 Å². The van der Waals surface area contributed by atoms with E-state index in [2.05, 4.69) is 140 Å². The number of hydrogen-bond donors (Lipinski definition) is 0. The number of nitrogens with zero attached hydrogens (tertiary/aromatic N) is 5. The Bertz CT molecular complexity index is 2870. The molecule has 0 spiro atoms. The number of fused-ring (bicyclic) bond motifs is 3. The average Bonchev–Trinajstić information content (AvgIpc) is 3.65. The molecule has 0 saturated carbocycles. The molecule has 10 rings (SSSR count). The Morgan fingerprint density at radius 2 is 0.909 bits per heavy atom. The third kappa shape index (κ3) is 6.54. The van der Waals surface area contributed by atoms with Crippen molar-refractivity contribution >= 4 is 37.1 Å². The van der Waals surface area contributed by atoms with Gasteiger partial charge in [-0.2, -0.15) is 0 Å². The van der Waals surface area contributed by atoms with Crippen LogP contribution in [0.1, 0.15) is 18.7 Å². The number of hydrogen-bond acceptors (Lipinski definition) is 6. The summed E-state index contributed by atoms with van der Waals surface area (Å²) in [5.41, 5.74) is 9.93. The zero-order valence-corrected chi connectivity index (χ0v) is 30.6. The van der Waals surface area contributed by atoms with Crippen LogP contribution in [-0.4, -0.2) is 24.9 Å². The first-order valence-corrected chi connectivity index (χ1v) is 19.3. The van der Waals surface area contributed by atoms with Crippen molar-refractivity contribution in [1.82, 2.24) is 24.9 Å². The smallest absolute Gasteiger partial charge is 0.164 e. The standard InChI is InChI=1S/C49H33N5S/c1-4-14-32(15-5-1)42-31-43(33-16-6-2-7-17-33)51-47(50-42)37-22-12-20-35(28-37)36-21-13-23-38(29-36)48-52-46(34-18-8-3-9-19-34)53-49(54-48)39-26-27-41-40-24-10-11-25-44(40)55-45(41)30-39/h1-8,10-18,20-31H,9,19H2. The number of allylic oxidation sites excluding steroid dienone is 4. The quantitative estimate of drug-likeness (QED) is 0.164. The van der Waals surface area contributed by atoms with Gasteiger partial charge in [-0.15, -0.1) is 11.3 Å². The van der Waals surface area contributed by atoms with Crippen LogP contribution in [0.15, 0.2) is 176 Å². The van der Waals surface area contributed by atoms with E-state index in [-0.39, 0.29) is 0 Å². The van der Waals surface area contributed by atoms with Gasteiger partial charge in [-0.05, 0) is 59.9 Å². The van der Waals surface area contributed by atoms with Crippen LogP contribution < -0.4 is 0 Å².